The van der Waals surface area contributed by atoms with Gasteiger partial charge < -0.3 is 25.0 Å². The fourth-order valence-corrected chi connectivity index (χ4v) is 5.01. The zero-order valence-corrected chi connectivity index (χ0v) is 29.7. The van der Waals surface area contributed by atoms with Gasteiger partial charge in [0.2, 0.25) is 5.91 Å². The first kappa shape index (κ1) is 38.3. The summed E-state index contributed by atoms with van der Waals surface area (Å²) in [4.78, 5) is 40.1. The van der Waals surface area contributed by atoms with Crippen LogP contribution in [0.1, 0.15) is 75.1 Å². The van der Waals surface area contributed by atoms with E-state index in [0.29, 0.717) is 74.9 Å². The zero-order valence-electron chi connectivity index (χ0n) is 29.7. The van der Waals surface area contributed by atoms with Gasteiger partial charge in [-0.2, -0.15) is 5.10 Å². The molecule has 10 heteroatoms. The smallest absolute Gasteiger partial charge is 0.251 e. The second-order valence-electron chi connectivity index (χ2n) is 11.6. The van der Waals surface area contributed by atoms with Gasteiger partial charge in [0.1, 0.15) is 13.2 Å². The molecule has 1 aliphatic heterocycles. The maximum Gasteiger partial charge on any atom is 0.251 e. The van der Waals surface area contributed by atoms with Gasteiger partial charge in [-0.15, -0.1) is 0 Å². The highest BCUT2D eigenvalue weighted by Gasteiger charge is 2.18. The molecule has 0 unspecified atom stereocenters. The van der Waals surface area contributed by atoms with E-state index in [1.54, 1.807) is 35.2 Å². The van der Waals surface area contributed by atoms with Gasteiger partial charge in [0.25, 0.3) is 11.8 Å². The summed E-state index contributed by atoms with van der Waals surface area (Å²) in [5.74, 6) is 1.03. The Hall–Kier alpha value is -5.12. The summed E-state index contributed by atoms with van der Waals surface area (Å²) in [6, 6.07) is 20.3. The first-order valence-corrected chi connectivity index (χ1v) is 17.1. The Morgan fingerprint density at radius 1 is 0.857 bits per heavy atom. The van der Waals surface area contributed by atoms with E-state index in [0.717, 1.165) is 22.2 Å². The Bertz CT molecular complexity index is 1660. The van der Waals surface area contributed by atoms with E-state index in [4.69, 9.17) is 9.47 Å². The molecule has 0 saturated carbocycles. The van der Waals surface area contributed by atoms with Gasteiger partial charge in [0.05, 0.1) is 11.2 Å². The van der Waals surface area contributed by atoms with Gasteiger partial charge in [-0.3, -0.25) is 19.5 Å². The van der Waals surface area contributed by atoms with Crippen LogP contribution in [-0.4, -0.2) is 72.2 Å². The van der Waals surface area contributed by atoms with E-state index in [2.05, 4.69) is 20.8 Å². The number of allylic oxidation sites excluding steroid dienone is 2. The lowest BCUT2D eigenvalue weighted by Gasteiger charge is -2.25. The van der Waals surface area contributed by atoms with E-state index >= 15 is 0 Å². The van der Waals surface area contributed by atoms with Gasteiger partial charge in [-0.05, 0) is 62.6 Å². The predicted octanol–water partition coefficient (Wildman–Crippen LogP) is 7.03. The van der Waals surface area contributed by atoms with Gasteiger partial charge >= 0.3 is 0 Å². The quantitative estimate of drug-likeness (QED) is 0.110. The van der Waals surface area contributed by atoms with Crippen molar-refractivity contribution in [3.05, 3.63) is 90.0 Å². The second-order valence-corrected chi connectivity index (χ2v) is 11.6. The van der Waals surface area contributed by atoms with Crippen LogP contribution in [0.25, 0.3) is 22.2 Å². The normalized spacial score (nSPS) is 11.7. The summed E-state index contributed by atoms with van der Waals surface area (Å²) in [5, 5.41) is 14.3. The van der Waals surface area contributed by atoms with Crippen LogP contribution < -0.4 is 20.1 Å². The van der Waals surface area contributed by atoms with Crippen molar-refractivity contribution in [1.82, 2.24) is 25.7 Å². The third-order valence-electron chi connectivity index (χ3n) is 7.49. The predicted molar refractivity (Wildman–Crippen MR) is 196 cm³/mol. The van der Waals surface area contributed by atoms with Crippen LogP contribution in [0, 0.1) is 5.92 Å². The number of carbonyl (C=O) groups is 3. The van der Waals surface area contributed by atoms with Gasteiger partial charge in [-0.25, -0.2) is 0 Å². The summed E-state index contributed by atoms with van der Waals surface area (Å²) in [6.45, 7) is 14.7. The average molecular weight is 670 g/mol. The van der Waals surface area contributed by atoms with E-state index < -0.39 is 0 Å². The number of carbonyl (C=O) groups excluding carboxylic acids is 3. The van der Waals surface area contributed by atoms with Crippen LogP contribution >= 0.6 is 0 Å². The third kappa shape index (κ3) is 11.5. The third-order valence-corrected chi connectivity index (χ3v) is 7.49. The molecule has 262 valence electrons. The number of aromatic amines is 1. The molecule has 10 nitrogen and oxygen atoms in total. The molecule has 0 atom stereocenters. The van der Waals surface area contributed by atoms with E-state index in [1.165, 1.54) is 0 Å². The van der Waals surface area contributed by atoms with Crippen LogP contribution in [0.15, 0.2) is 78.9 Å². The minimum absolute atomic E-state index is 0.00731. The maximum absolute atomic E-state index is 13.0. The van der Waals surface area contributed by atoms with Crippen molar-refractivity contribution in [3.63, 3.8) is 0 Å². The lowest BCUT2D eigenvalue weighted by Crippen LogP contribution is -2.40. The molecule has 0 radical (unpaired) electrons. The van der Waals surface area contributed by atoms with E-state index in [-0.39, 0.29) is 23.6 Å². The van der Waals surface area contributed by atoms with Crippen LogP contribution in [0.2, 0.25) is 0 Å². The van der Waals surface area contributed by atoms with Crippen LogP contribution in [-0.2, 0) is 4.79 Å². The Morgan fingerprint density at radius 3 is 2.18 bits per heavy atom. The highest BCUT2D eigenvalue weighted by Crippen LogP contribution is 2.30. The maximum atomic E-state index is 13.0. The number of nitrogens with zero attached hydrogens (tertiary/aromatic N) is 2. The zero-order chi connectivity index (χ0) is 35.6. The number of para-hydroxylation sites is 1. The molecule has 1 aromatic heterocycles. The molecule has 3 aromatic carbocycles. The number of benzene rings is 3. The van der Waals surface area contributed by atoms with Crippen LogP contribution in [0.4, 0.5) is 0 Å². The SMILES string of the molecule is C/C=C\C.CC.CC(C)CN(CCNC(=O)c1ccc2c(c1)OCCO2)C(=O)CCCNC(=O)c1ccc(-c2n[nH]c3ccccc23)cc1. The van der Waals surface area contributed by atoms with Crippen molar-refractivity contribution < 1.29 is 23.9 Å². The second kappa shape index (κ2) is 20.3. The summed E-state index contributed by atoms with van der Waals surface area (Å²) in [6.07, 6.45) is 4.81. The molecular formula is C39H51N5O5. The van der Waals surface area contributed by atoms with Gasteiger partial charge in [-0.1, -0.05) is 70.2 Å². The number of hydrogen-bond acceptors (Lipinski definition) is 6. The van der Waals surface area contributed by atoms with E-state index in [9.17, 15) is 14.4 Å². The topological polar surface area (TPSA) is 126 Å². The molecule has 0 fully saturated rings. The number of aromatic nitrogens is 2. The molecule has 0 bridgehead atoms. The number of nitrogens with one attached hydrogen (secondary N) is 3. The molecule has 1 aliphatic rings. The molecule has 4 aromatic rings. The van der Waals surface area contributed by atoms with Crippen molar-refractivity contribution in [1.29, 1.82) is 0 Å². The fourth-order valence-electron chi connectivity index (χ4n) is 5.01. The van der Waals surface area contributed by atoms with Crippen molar-refractivity contribution >= 4 is 28.6 Å². The molecule has 0 saturated heterocycles. The number of H-pyrrole nitrogens is 1. The molecule has 0 aliphatic carbocycles. The molecule has 2 heterocycles. The van der Waals surface area contributed by atoms with E-state index in [1.807, 2.05) is 90.1 Å². The number of fused-ring (bicyclic) bond motifs is 2. The van der Waals surface area contributed by atoms with Crippen molar-refractivity contribution in [2.75, 3.05) is 39.4 Å². The van der Waals surface area contributed by atoms with Crippen LogP contribution in [0.3, 0.4) is 0 Å². The molecule has 3 amide bonds. The summed E-state index contributed by atoms with van der Waals surface area (Å²) in [7, 11) is 0. The summed E-state index contributed by atoms with van der Waals surface area (Å²) in [5.41, 5.74) is 3.75. The molecule has 0 spiro atoms. The largest absolute Gasteiger partial charge is 0.486 e. The first-order valence-electron chi connectivity index (χ1n) is 17.1. The number of rotatable bonds is 12. The molecular weight excluding hydrogens is 618 g/mol. The monoisotopic (exact) mass is 669 g/mol. The minimum Gasteiger partial charge on any atom is -0.486 e. The Morgan fingerprint density at radius 2 is 1.49 bits per heavy atom. The first-order chi connectivity index (χ1) is 23.8. The standard InChI is InChI=1S/C33H37N5O5.C4H8.C2H6/c1-22(2)21-38(17-16-35-33(41)25-13-14-28-29(20-25)43-19-18-42-28)30(39)8-5-15-34-32(40)24-11-9-23(10-12-24)31-26-6-3-4-7-27(26)36-37-31;1-3-4-2;1-2/h3-4,6-7,9-14,20,22H,5,8,15-19,21H2,1-2H3,(H,34,40)(H,35,41)(H,36,37);3-4H,1-2H3;1-2H3/b;4-3-;. The van der Waals surface area contributed by atoms with Crippen molar-refractivity contribution in [3.8, 4) is 22.8 Å². The number of hydrogen-bond donors (Lipinski definition) is 3. The van der Waals surface area contributed by atoms with Crippen LogP contribution in [0.5, 0.6) is 11.5 Å². The molecule has 3 N–H and O–H groups in total. The Kier molecular flexibility index (Phi) is 15.9. The average Bonchev–Trinajstić information content (AvgIpc) is 3.57. The van der Waals surface area contributed by atoms with Crippen molar-refractivity contribution in [2.45, 2.75) is 54.4 Å². The number of amides is 3. The summed E-state index contributed by atoms with van der Waals surface area (Å²) >= 11 is 0. The van der Waals surface area contributed by atoms with Gasteiger partial charge in [0, 0.05) is 54.7 Å². The minimum atomic E-state index is -0.234. The highest BCUT2D eigenvalue weighted by molar-refractivity contribution is 5.96. The Labute approximate surface area is 290 Å². The summed E-state index contributed by atoms with van der Waals surface area (Å²) < 4.78 is 11.1. The lowest BCUT2D eigenvalue weighted by molar-refractivity contribution is -0.131. The molecule has 49 heavy (non-hydrogen) atoms. The molecule has 5 rings (SSSR count). The highest BCUT2D eigenvalue weighted by atomic mass is 16.6. The fraction of sp³-hybridized carbons (Fsp3) is 0.385. The van der Waals surface area contributed by atoms with Gasteiger partial charge in [0.15, 0.2) is 11.5 Å². The lowest BCUT2D eigenvalue weighted by atomic mass is 10.1. The Balaban J connectivity index is 0.00000101. The number of ether oxygens (including phenoxy) is 2. The van der Waals surface area contributed by atoms with Crippen molar-refractivity contribution in [2.24, 2.45) is 5.92 Å².